The zero-order chi connectivity index (χ0) is 19.6. The third-order valence-electron chi connectivity index (χ3n) is 4.05. The second-order valence-corrected chi connectivity index (χ2v) is 5.87. The Morgan fingerprint density at radius 2 is 1.62 bits per heavy atom. The summed E-state index contributed by atoms with van der Waals surface area (Å²) in [5.74, 6) is 0. The average molecular weight is 351 g/mol. The average Bonchev–Trinajstić information content (AvgIpc) is 2.73. The Kier molecular flexibility index (Phi) is 15.1. The Morgan fingerprint density at radius 3 is 2.15 bits per heavy atom. The third-order valence-corrected chi connectivity index (χ3v) is 4.05. The molecule has 0 heterocycles. The van der Waals surface area contributed by atoms with Crippen LogP contribution in [0.2, 0.25) is 0 Å². The van der Waals surface area contributed by atoms with Gasteiger partial charge in [0.2, 0.25) is 0 Å². The van der Waals surface area contributed by atoms with E-state index in [4.69, 9.17) is 0 Å². The molecule has 0 saturated carbocycles. The van der Waals surface area contributed by atoms with Crippen LogP contribution in [0.5, 0.6) is 0 Å². The smallest absolute Gasteiger partial charge is 0.0130 e. The zero-order valence-corrected chi connectivity index (χ0v) is 17.8. The summed E-state index contributed by atoms with van der Waals surface area (Å²) in [4.78, 5) is 0. The SMILES string of the molecule is C/C=C/C(=C\CC1=CC(c2ccccc2)=CCC1)CC.CC.CC=CC. The molecule has 0 unspecified atom stereocenters. The predicted octanol–water partition coefficient (Wildman–Crippen LogP) is 8.70. The van der Waals surface area contributed by atoms with Crippen molar-refractivity contribution in [2.45, 2.75) is 67.2 Å². The highest BCUT2D eigenvalue weighted by Crippen LogP contribution is 2.27. The minimum Gasteiger partial charge on any atom is -0.0919 e. The van der Waals surface area contributed by atoms with E-state index in [9.17, 15) is 0 Å². The molecule has 0 bridgehead atoms. The first-order chi connectivity index (χ1) is 12.7. The summed E-state index contributed by atoms with van der Waals surface area (Å²) in [6.07, 6.45) is 20.0. The van der Waals surface area contributed by atoms with Gasteiger partial charge in [-0.1, -0.05) is 105 Å². The standard InChI is InChI=1S/C20H24.C4H8.C2H6/c1-3-9-17(4-2)14-15-18-10-8-13-20(16-18)19-11-6-5-7-12-19;1-3-4-2;1-2/h3,5-7,9,11-14,16H,4,8,10,15H2,1-2H3;3-4H,1-2H3;1-2H3/b9-3+,17-14-;;. The van der Waals surface area contributed by atoms with Crippen LogP contribution in [0.15, 0.2) is 84.0 Å². The number of hydrogen-bond acceptors (Lipinski definition) is 0. The van der Waals surface area contributed by atoms with Gasteiger partial charge in [-0.15, -0.1) is 0 Å². The summed E-state index contributed by atoms with van der Waals surface area (Å²) in [6.45, 7) is 12.3. The summed E-state index contributed by atoms with van der Waals surface area (Å²) in [5, 5.41) is 0. The van der Waals surface area contributed by atoms with Crippen molar-refractivity contribution in [3.05, 3.63) is 89.6 Å². The Labute approximate surface area is 162 Å². The first kappa shape index (κ1) is 23.9. The molecule has 0 aromatic heterocycles. The van der Waals surface area contributed by atoms with Crippen LogP contribution in [0, 0.1) is 0 Å². The van der Waals surface area contributed by atoms with Gasteiger partial charge < -0.3 is 0 Å². The van der Waals surface area contributed by atoms with E-state index in [1.54, 1.807) is 5.57 Å². The molecule has 0 radical (unpaired) electrons. The molecular weight excluding hydrogens is 312 g/mol. The van der Waals surface area contributed by atoms with Crippen LogP contribution in [-0.2, 0) is 0 Å². The maximum absolute atomic E-state index is 2.37. The van der Waals surface area contributed by atoms with Crippen molar-refractivity contribution in [1.82, 2.24) is 0 Å². The van der Waals surface area contributed by atoms with Gasteiger partial charge in [0.05, 0.1) is 0 Å². The minimum absolute atomic E-state index is 1.08. The maximum atomic E-state index is 2.37. The largest absolute Gasteiger partial charge is 0.0919 e. The molecule has 0 nitrogen and oxygen atoms in total. The summed E-state index contributed by atoms with van der Waals surface area (Å²) in [6, 6.07) is 10.7. The van der Waals surface area contributed by atoms with Gasteiger partial charge in [0.25, 0.3) is 0 Å². The Hall–Kier alpha value is -2.08. The molecule has 0 heteroatoms. The van der Waals surface area contributed by atoms with Gasteiger partial charge in [0.1, 0.15) is 0 Å². The van der Waals surface area contributed by atoms with Crippen molar-refractivity contribution in [3.63, 3.8) is 0 Å². The fraction of sp³-hybridized carbons (Fsp3) is 0.385. The molecule has 1 aromatic rings. The molecule has 0 amide bonds. The van der Waals surface area contributed by atoms with Crippen LogP contribution in [0.4, 0.5) is 0 Å². The molecule has 1 aromatic carbocycles. The highest BCUT2D eigenvalue weighted by atomic mass is 14.1. The van der Waals surface area contributed by atoms with E-state index >= 15 is 0 Å². The van der Waals surface area contributed by atoms with Gasteiger partial charge >= 0.3 is 0 Å². The van der Waals surface area contributed by atoms with Crippen molar-refractivity contribution in [2.24, 2.45) is 0 Å². The monoisotopic (exact) mass is 350 g/mol. The van der Waals surface area contributed by atoms with E-state index in [-0.39, 0.29) is 0 Å². The first-order valence-electron chi connectivity index (χ1n) is 10.1. The lowest BCUT2D eigenvalue weighted by molar-refractivity contribution is 0.923. The van der Waals surface area contributed by atoms with Gasteiger partial charge in [-0.25, -0.2) is 0 Å². The van der Waals surface area contributed by atoms with E-state index in [0.29, 0.717) is 0 Å². The molecule has 0 atom stereocenters. The number of hydrogen-bond donors (Lipinski definition) is 0. The molecule has 26 heavy (non-hydrogen) atoms. The van der Waals surface area contributed by atoms with Crippen LogP contribution in [0.1, 0.15) is 72.8 Å². The molecule has 142 valence electrons. The van der Waals surface area contributed by atoms with Crippen LogP contribution in [-0.4, -0.2) is 0 Å². The van der Waals surface area contributed by atoms with E-state index in [1.807, 2.05) is 39.8 Å². The highest BCUT2D eigenvalue weighted by molar-refractivity contribution is 5.75. The van der Waals surface area contributed by atoms with E-state index in [1.165, 1.54) is 23.1 Å². The van der Waals surface area contributed by atoms with E-state index in [2.05, 4.69) is 74.6 Å². The Morgan fingerprint density at radius 1 is 0.962 bits per heavy atom. The maximum Gasteiger partial charge on any atom is -0.0130 e. The Bertz CT molecular complexity index is 603. The van der Waals surface area contributed by atoms with Gasteiger partial charge in [-0.3, -0.25) is 0 Å². The summed E-state index contributed by atoms with van der Waals surface area (Å²) < 4.78 is 0. The minimum atomic E-state index is 1.08. The third kappa shape index (κ3) is 10.0. The molecule has 1 aliphatic carbocycles. The first-order valence-corrected chi connectivity index (χ1v) is 10.1. The van der Waals surface area contributed by atoms with Crippen LogP contribution >= 0.6 is 0 Å². The zero-order valence-electron chi connectivity index (χ0n) is 17.8. The molecular formula is C26H38. The Balaban J connectivity index is 0.000000920. The molecule has 1 aliphatic rings. The predicted molar refractivity (Wildman–Crippen MR) is 121 cm³/mol. The fourth-order valence-corrected chi connectivity index (χ4v) is 2.56. The highest BCUT2D eigenvalue weighted by Gasteiger charge is 2.06. The quantitative estimate of drug-likeness (QED) is 0.368. The van der Waals surface area contributed by atoms with Crippen molar-refractivity contribution >= 4 is 5.57 Å². The molecule has 0 spiro atoms. The topological polar surface area (TPSA) is 0 Å². The summed E-state index contributed by atoms with van der Waals surface area (Å²) in [7, 11) is 0. The molecule has 0 aliphatic heterocycles. The normalized spacial score (nSPS) is 14.2. The van der Waals surface area contributed by atoms with Crippen LogP contribution in [0.25, 0.3) is 5.57 Å². The number of rotatable bonds is 5. The second kappa shape index (κ2) is 16.4. The van der Waals surface area contributed by atoms with E-state index < -0.39 is 0 Å². The fourth-order valence-electron chi connectivity index (χ4n) is 2.56. The molecule has 2 rings (SSSR count). The van der Waals surface area contributed by atoms with Crippen LogP contribution < -0.4 is 0 Å². The van der Waals surface area contributed by atoms with Gasteiger partial charge in [-0.2, -0.15) is 0 Å². The van der Waals surface area contributed by atoms with Crippen molar-refractivity contribution in [1.29, 1.82) is 0 Å². The lowest BCUT2D eigenvalue weighted by Gasteiger charge is -2.13. The van der Waals surface area contributed by atoms with Crippen LogP contribution in [0.3, 0.4) is 0 Å². The van der Waals surface area contributed by atoms with Gasteiger partial charge in [0.15, 0.2) is 0 Å². The summed E-state index contributed by atoms with van der Waals surface area (Å²) >= 11 is 0. The van der Waals surface area contributed by atoms with E-state index in [0.717, 1.165) is 19.3 Å². The second-order valence-electron chi connectivity index (χ2n) is 5.87. The van der Waals surface area contributed by atoms with Crippen molar-refractivity contribution in [3.8, 4) is 0 Å². The lowest BCUT2D eigenvalue weighted by Crippen LogP contribution is -1.92. The molecule has 0 saturated heterocycles. The lowest BCUT2D eigenvalue weighted by atomic mass is 9.92. The van der Waals surface area contributed by atoms with Gasteiger partial charge in [0, 0.05) is 0 Å². The summed E-state index contributed by atoms with van der Waals surface area (Å²) in [5.41, 5.74) is 5.69. The van der Waals surface area contributed by atoms with Gasteiger partial charge in [-0.05, 0) is 57.6 Å². The van der Waals surface area contributed by atoms with Crippen molar-refractivity contribution < 1.29 is 0 Å². The number of allylic oxidation sites excluding steroid dienone is 10. The molecule has 0 N–H and O–H groups in total. The van der Waals surface area contributed by atoms with Crippen molar-refractivity contribution in [2.75, 3.05) is 0 Å². The molecule has 0 fully saturated rings. The number of benzene rings is 1.